The predicted molar refractivity (Wildman–Crippen MR) is 64.1 cm³/mol. The summed E-state index contributed by atoms with van der Waals surface area (Å²) in [6.45, 7) is 3.03. The lowest BCUT2D eigenvalue weighted by molar-refractivity contribution is -0.0711. The number of hydrogen-bond donors (Lipinski definition) is 1. The highest BCUT2D eigenvalue weighted by Gasteiger charge is 2.35. The molecular weight excluding hydrogens is 222 g/mol. The van der Waals surface area contributed by atoms with E-state index < -0.39 is 12.0 Å². The highest BCUT2D eigenvalue weighted by molar-refractivity contribution is 5.83. The van der Waals surface area contributed by atoms with Gasteiger partial charge in [-0.05, 0) is 28.5 Å². The Balaban J connectivity index is 2.46. The summed E-state index contributed by atoms with van der Waals surface area (Å²) in [5.74, 6) is -3.32. The summed E-state index contributed by atoms with van der Waals surface area (Å²) >= 11 is 0. The third-order valence-corrected chi connectivity index (χ3v) is 2.73. The van der Waals surface area contributed by atoms with Crippen molar-refractivity contribution < 1.29 is 13.9 Å². The molecule has 0 radical (unpaired) electrons. The molecule has 0 amide bonds. The Bertz CT molecular complexity index is 549. The van der Waals surface area contributed by atoms with E-state index in [1.165, 1.54) is 6.07 Å². The lowest BCUT2D eigenvalue weighted by atomic mass is 10.00. The van der Waals surface area contributed by atoms with E-state index in [4.69, 9.17) is 0 Å². The van der Waals surface area contributed by atoms with Gasteiger partial charge in [-0.25, -0.2) is 0 Å². The van der Waals surface area contributed by atoms with Crippen molar-refractivity contribution >= 4 is 10.8 Å². The van der Waals surface area contributed by atoms with Gasteiger partial charge in [0.15, 0.2) is 0 Å². The summed E-state index contributed by atoms with van der Waals surface area (Å²) < 4.78 is 26.5. The number of aliphatic hydroxyl groups excluding tert-OH is 1. The molecule has 17 heavy (non-hydrogen) atoms. The number of fused-ring (bicyclic) bond motifs is 1. The van der Waals surface area contributed by atoms with Gasteiger partial charge in [-0.2, -0.15) is 8.78 Å². The van der Waals surface area contributed by atoms with Gasteiger partial charge in [0, 0.05) is 0 Å². The first-order valence-electron chi connectivity index (χ1n) is 5.23. The second kappa shape index (κ2) is 4.26. The van der Waals surface area contributed by atoms with E-state index in [9.17, 15) is 13.9 Å². The molecule has 0 bridgehead atoms. The van der Waals surface area contributed by atoms with Crippen LogP contribution in [-0.2, 0) is 0 Å². The fourth-order valence-corrected chi connectivity index (χ4v) is 1.71. The molecule has 1 atom stereocenters. The normalized spacial score (nSPS) is 13.6. The van der Waals surface area contributed by atoms with Gasteiger partial charge in [0.2, 0.25) is 0 Å². The number of halogens is 2. The van der Waals surface area contributed by atoms with E-state index in [2.05, 4.69) is 6.58 Å². The van der Waals surface area contributed by atoms with Crippen molar-refractivity contribution in [1.29, 1.82) is 0 Å². The molecule has 0 fully saturated rings. The van der Waals surface area contributed by atoms with Crippen LogP contribution in [0.3, 0.4) is 0 Å². The standard InChI is InChI=1S/C14H12F2O/c1-2-14(15,16)13(17)12-8-7-10-5-3-4-6-11(10)9-12/h2-9,13,17H,1H2/t13-/m1/s1. The first-order chi connectivity index (χ1) is 8.04. The smallest absolute Gasteiger partial charge is 0.295 e. The van der Waals surface area contributed by atoms with Crippen LogP contribution in [0.25, 0.3) is 10.8 Å². The molecule has 0 aromatic heterocycles. The van der Waals surface area contributed by atoms with E-state index in [-0.39, 0.29) is 5.56 Å². The topological polar surface area (TPSA) is 20.2 Å². The maximum Gasteiger partial charge on any atom is 0.295 e. The molecule has 0 saturated carbocycles. The van der Waals surface area contributed by atoms with E-state index >= 15 is 0 Å². The Kier molecular flexibility index (Phi) is 2.94. The maximum absolute atomic E-state index is 13.3. The van der Waals surface area contributed by atoms with Crippen molar-refractivity contribution in [2.75, 3.05) is 0 Å². The second-order valence-electron chi connectivity index (χ2n) is 3.89. The zero-order valence-electron chi connectivity index (χ0n) is 9.11. The van der Waals surface area contributed by atoms with Crippen molar-refractivity contribution in [3.63, 3.8) is 0 Å². The molecule has 0 unspecified atom stereocenters. The molecule has 0 aliphatic heterocycles. The van der Waals surface area contributed by atoms with Crippen molar-refractivity contribution in [2.24, 2.45) is 0 Å². The largest absolute Gasteiger partial charge is 0.382 e. The van der Waals surface area contributed by atoms with E-state index in [1.54, 1.807) is 12.1 Å². The lowest BCUT2D eigenvalue weighted by Gasteiger charge is -2.19. The average molecular weight is 234 g/mol. The second-order valence-corrected chi connectivity index (χ2v) is 3.89. The van der Waals surface area contributed by atoms with Crippen LogP contribution in [0.5, 0.6) is 0 Å². The Morgan fingerprint density at radius 3 is 2.41 bits per heavy atom. The van der Waals surface area contributed by atoms with Gasteiger partial charge in [-0.3, -0.25) is 0 Å². The van der Waals surface area contributed by atoms with Crippen LogP contribution in [-0.4, -0.2) is 11.0 Å². The summed E-state index contributed by atoms with van der Waals surface area (Å²) in [4.78, 5) is 0. The van der Waals surface area contributed by atoms with Gasteiger partial charge in [0.25, 0.3) is 5.92 Å². The zero-order chi connectivity index (χ0) is 12.5. The Labute approximate surface area is 98.0 Å². The monoisotopic (exact) mass is 234 g/mol. The fourth-order valence-electron chi connectivity index (χ4n) is 1.71. The molecular formula is C14H12F2O. The highest BCUT2D eigenvalue weighted by atomic mass is 19.3. The number of alkyl halides is 2. The molecule has 0 heterocycles. The van der Waals surface area contributed by atoms with Gasteiger partial charge in [-0.1, -0.05) is 43.0 Å². The minimum Gasteiger partial charge on any atom is -0.382 e. The average Bonchev–Trinajstić information content (AvgIpc) is 2.37. The van der Waals surface area contributed by atoms with Crippen LogP contribution in [0.15, 0.2) is 55.1 Å². The maximum atomic E-state index is 13.3. The van der Waals surface area contributed by atoms with Gasteiger partial charge in [0.1, 0.15) is 6.10 Å². The molecule has 0 saturated heterocycles. The molecule has 0 spiro atoms. The van der Waals surface area contributed by atoms with Gasteiger partial charge in [0.05, 0.1) is 0 Å². The molecule has 3 heteroatoms. The number of hydrogen-bond acceptors (Lipinski definition) is 1. The van der Waals surface area contributed by atoms with Crippen LogP contribution in [0, 0.1) is 0 Å². The first kappa shape index (κ1) is 11.7. The van der Waals surface area contributed by atoms with Crippen LogP contribution in [0.1, 0.15) is 11.7 Å². The first-order valence-corrected chi connectivity index (χ1v) is 5.23. The molecule has 1 nitrogen and oxygen atoms in total. The van der Waals surface area contributed by atoms with E-state index in [0.29, 0.717) is 6.08 Å². The van der Waals surface area contributed by atoms with Crippen molar-refractivity contribution in [1.82, 2.24) is 0 Å². The zero-order valence-corrected chi connectivity index (χ0v) is 9.11. The van der Waals surface area contributed by atoms with Gasteiger partial charge in [-0.15, -0.1) is 0 Å². The molecule has 0 aliphatic carbocycles. The van der Waals surface area contributed by atoms with E-state index in [1.807, 2.05) is 24.3 Å². The summed E-state index contributed by atoms with van der Waals surface area (Å²) in [5, 5.41) is 11.4. The number of aliphatic hydroxyl groups is 1. The van der Waals surface area contributed by atoms with Crippen LogP contribution < -0.4 is 0 Å². The minimum absolute atomic E-state index is 0.189. The highest BCUT2D eigenvalue weighted by Crippen LogP contribution is 2.33. The fraction of sp³-hybridized carbons (Fsp3) is 0.143. The lowest BCUT2D eigenvalue weighted by Crippen LogP contribution is -2.23. The third-order valence-electron chi connectivity index (χ3n) is 2.73. The minimum atomic E-state index is -3.32. The van der Waals surface area contributed by atoms with E-state index in [0.717, 1.165) is 10.8 Å². The van der Waals surface area contributed by atoms with Crippen LogP contribution in [0.2, 0.25) is 0 Å². The summed E-state index contributed by atoms with van der Waals surface area (Å²) in [6.07, 6.45) is -1.39. The number of rotatable bonds is 3. The molecule has 0 aliphatic rings. The SMILES string of the molecule is C=CC(F)(F)[C@H](O)c1ccc2ccccc2c1. The van der Waals surface area contributed by atoms with Gasteiger partial charge >= 0.3 is 0 Å². The van der Waals surface area contributed by atoms with Crippen molar-refractivity contribution in [2.45, 2.75) is 12.0 Å². The van der Waals surface area contributed by atoms with Crippen LogP contribution in [0.4, 0.5) is 8.78 Å². The molecule has 2 aromatic carbocycles. The molecule has 88 valence electrons. The summed E-state index contributed by atoms with van der Waals surface area (Å²) in [5.41, 5.74) is 0.189. The van der Waals surface area contributed by atoms with Gasteiger partial charge < -0.3 is 5.11 Å². The quantitative estimate of drug-likeness (QED) is 0.803. The number of benzene rings is 2. The summed E-state index contributed by atoms with van der Waals surface area (Å²) in [7, 11) is 0. The molecule has 2 aromatic rings. The summed E-state index contributed by atoms with van der Waals surface area (Å²) in [6, 6.07) is 12.2. The predicted octanol–water partition coefficient (Wildman–Crippen LogP) is 3.69. The Morgan fingerprint density at radius 1 is 1.12 bits per heavy atom. The van der Waals surface area contributed by atoms with Crippen molar-refractivity contribution in [3.05, 3.63) is 60.7 Å². The van der Waals surface area contributed by atoms with Crippen molar-refractivity contribution in [3.8, 4) is 0 Å². The third kappa shape index (κ3) is 2.19. The Hall–Kier alpha value is -1.74. The van der Waals surface area contributed by atoms with Crippen LogP contribution >= 0.6 is 0 Å². The molecule has 2 rings (SSSR count). The molecule has 1 N–H and O–H groups in total. The Morgan fingerprint density at radius 2 is 1.76 bits per heavy atom.